The van der Waals surface area contributed by atoms with Crippen LogP contribution in [0.2, 0.25) is 0 Å². The highest BCUT2D eigenvalue weighted by molar-refractivity contribution is 5.36. The van der Waals surface area contributed by atoms with Crippen LogP contribution >= 0.6 is 0 Å². The summed E-state index contributed by atoms with van der Waals surface area (Å²) >= 11 is 0. The first-order valence-electron chi connectivity index (χ1n) is 7.05. The summed E-state index contributed by atoms with van der Waals surface area (Å²) in [7, 11) is 0. The Balaban J connectivity index is 2.11. The van der Waals surface area contributed by atoms with Crippen LogP contribution in [0.1, 0.15) is 45.3 Å². The molecule has 0 radical (unpaired) electrons. The first-order valence-corrected chi connectivity index (χ1v) is 7.05. The van der Waals surface area contributed by atoms with E-state index in [4.69, 9.17) is 10.5 Å². The third-order valence-electron chi connectivity index (χ3n) is 2.96. The van der Waals surface area contributed by atoms with Crippen molar-refractivity contribution in [3.8, 4) is 11.4 Å². The minimum absolute atomic E-state index is 0.0442. The molecule has 0 aliphatic rings. The van der Waals surface area contributed by atoms with Crippen LogP contribution in [0.15, 0.2) is 30.5 Å². The second kappa shape index (κ2) is 6.52. The molecule has 5 heteroatoms. The maximum atomic E-state index is 6.04. The smallest absolute Gasteiger partial charge is 0.119 e. The minimum Gasteiger partial charge on any atom is -0.491 e. The molecule has 0 aliphatic heterocycles. The number of aromatic nitrogens is 3. The highest BCUT2D eigenvalue weighted by Gasteiger charge is 2.10. The lowest BCUT2D eigenvalue weighted by Gasteiger charge is -2.09. The number of ether oxygens (including phenoxy) is 1. The van der Waals surface area contributed by atoms with Gasteiger partial charge in [-0.3, -0.25) is 0 Å². The van der Waals surface area contributed by atoms with Crippen molar-refractivity contribution in [2.75, 3.05) is 0 Å². The zero-order valence-electron chi connectivity index (χ0n) is 12.3. The number of rotatable bonds is 6. The molecular weight excluding hydrogens is 252 g/mol. The van der Waals surface area contributed by atoms with Crippen molar-refractivity contribution in [2.45, 2.75) is 45.8 Å². The summed E-state index contributed by atoms with van der Waals surface area (Å²) in [6.45, 7) is 6.12. The van der Waals surface area contributed by atoms with Gasteiger partial charge in [-0.25, -0.2) is 4.68 Å². The van der Waals surface area contributed by atoms with Gasteiger partial charge in [-0.15, -0.1) is 5.10 Å². The van der Waals surface area contributed by atoms with Crippen molar-refractivity contribution in [3.05, 3.63) is 36.2 Å². The van der Waals surface area contributed by atoms with E-state index in [0.29, 0.717) is 0 Å². The lowest BCUT2D eigenvalue weighted by molar-refractivity contribution is 0.242. The van der Waals surface area contributed by atoms with Crippen LogP contribution in [-0.4, -0.2) is 21.1 Å². The van der Waals surface area contributed by atoms with E-state index in [1.165, 1.54) is 0 Å². The Morgan fingerprint density at radius 2 is 1.95 bits per heavy atom. The predicted octanol–water partition coefficient (Wildman–Crippen LogP) is 2.85. The molecule has 2 rings (SSSR count). The Morgan fingerprint density at radius 3 is 2.55 bits per heavy atom. The Labute approximate surface area is 119 Å². The van der Waals surface area contributed by atoms with Crippen molar-refractivity contribution >= 4 is 0 Å². The summed E-state index contributed by atoms with van der Waals surface area (Å²) in [6.07, 6.45) is 4.01. The molecule has 0 amide bonds. The standard InChI is InChI=1S/C15H22N4O/c1-4-5-14(16)15-10-19(18-17-15)12-6-8-13(9-7-12)20-11(2)3/h6-11,14H,4-5,16H2,1-3H3. The quantitative estimate of drug-likeness (QED) is 0.879. The molecule has 1 aromatic carbocycles. The minimum atomic E-state index is -0.0442. The average Bonchev–Trinajstić information content (AvgIpc) is 2.89. The van der Waals surface area contributed by atoms with Gasteiger partial charge in [0.25, 0.3) is 0 Å². The Hall–Kier alpha value is -1.88. The molecule has 0 bridgehead atoms. The molecule has 0 spiro atoms. The summed E-state index contributed by atoms with van der Waals surface area (Å²) in [5.74, 6) is 0.853. The Bertz CT molecular complexity index is 533. The largest absolute Gasteiger partial charge is 0.491 e. The van der Waals surface area contributed by atoms with Gasteiger partial charge < -0.3 is 10.5 Å². The van der Waals surface area contributed by atoms with Crippen molar-refractivity contribution in [1.29, 1.82) is 0 Å². The van der Waals surface area contributed by atoms with Crippen LogP contribution in [0.4, 0.5) is 0 Å². The van der Waals surface area contributed by atoms with E-state index in [1.807, 2.05) is 44.3 Å². The lowest BCUT2D eigenvalue weighted by atomic mass is 10.1. The number of hydrogen-bond donors (Lipinski definition) is 1. The maximum absolute atomic E-state index is 6.04. The molecule has 20 heavy (non-hydrogen) atoms. The highest BCUT2D eigenvalue weighted by Crippen LogP contribution is 2.18. The molecule has 1 aromatic heterocycles. The lowest BCUT2D eigenvalue weighted by Crippen LogP contribution is -2.10. The predicted molar refractivity (Wildman–Crippen MR) is 79.0 cm³/mol. The summed E-state index contributed by atoms with van der Waals surface area (Å²) in [6, 6.07) is 7.74. The van der Waals surface area contributed by atoms with Crippen LogP contribution in [0.25, 0.3) is 5.69 Å². The molecule has 2 N–H and O–H groups in total. The molecule has 0 fully saturated rings. The zero-order chi connectivity index (χ0) is 14.5. The zero-order valence-corrected chi connectivity index (χ0v) is 12.3. The van der Waals surface area contributed by atoms with Gasteiger partial charge in [-0.05, 0) is 44.5 Å². The fourth-order valence-corrected chi connectivity index (χ4v) is 1.98. The number of nitrogens with zero attached hydrogens (tertiary/aromatic N) is 3. The summed E-state index contributed by atoms with van der Waals surface area (Å²) < 4.78 is 7.36. The second-order valence-electron chi connectivity index (χ2n) is 5.14. The van der Waals surface area contributed by atoms with E-state index >= 15 is 0 Å². The molecule has 0 aliphatic carbocycles. The van der Waals surface area contributed by atoms with Gasteiger partial charge in [-0.1, -0.05) is 18.6 Å². The van der Waals surface area contributed by atoms with Crippen LogP contribution < -0.4 is 10.5 Å². The normalized spacial score (nSPS) is 12.7. The molecule has 108 valence electrons. The first-order chi connectivity index (χ1) is 9.60. The first kappa shape index (κ1) is 14.5. The van der Waals surface area contributed by atoms with Gasteiger partial charge in [0.15, 0.2) is 0 Å². The summed E-state index contributed by atoms with van der Waals surface area (Å²) in [4.78, 5) is 0. The van der Waals surface area contributed by atoms with Crippen molar-refractivity contribution < 1.29 is 4.74 Å². The van der Waals surface area contributed by atoms with Gasteiger partial charge in [0.2, 0.25) is 0 Å². The van der Waals surface area contributed by atoms with E-state index < -0.39 is 0 Å². The second-order valence-corrected chi connectivity index (χ2v) is 5.14. The number of hydrogen-bond acceptors (Lipinski definition) is 4. The van der Waals surface area contributed by atoms with Crippen LogP contribution in [0, 0.1) is 0 Å². The molecule has 1 heterocycles. The monoisotopic (exact) mass is 274 g/mol. The fraction of sp³-hybridized carbons (Fsp3) is 0.467. The van der Waals surface area contributed by atoms with Crippen LogP contribution in [-0.2, 0) is 0 Å². The molecule has 5 nitrogen and oxygen atoms in total. The SMILES string of the molecule is CCCC(N)c1cn(-c2ccc(OC(C)C)cc2)nn1. The number of nitrogens with two attached hydrogens (primary N) is 1. The van der Waals surface area contributed by atoms with Crippen molar-refractivity contribution in [3.63, 3.8) is 0 Å². The topological polar surface area (TPSA) is 66.0 Å². The third-order valence-corrected chi connectivity index (χ3v) is 2.96. The summed E-state index contributed by atoms with van der Waals surface area (Å²) in [5, 5.41) is 8.26. The highest BCUT2D eigenvalue weighted by atomic mass is 16.5. The van der Waals surface area contributed by atoms with Crippen molar-refractivity contribution in [2.24, 2.45) is 5.73 Å². The Morgan fingerprint density at radius 1 is 1.25 bits per heavy atom. The molecule has 0 saturated carbocycles. The van der Waals surface area contributed by atoms with Gasteiger partial charge >= 0.3 is 0 Å². The van der Waals surface area contributed by atoms with Gasteiger partial charge in [-0.2, -0.15) is 0 Å². The van der Waals surface area contributed by atoms with Crippen molar-refractivity contribution in [1.82, 2.24) is 15.0 Å². The molecule has 1 atom stereocenters. The third kappa shape index (κ3) is 3.57. The fourth-order valence-electron chi connectivity index (χ4n) is 1.98. The summed E-state index contributed by atoms with van der Waals surface area (Å²) in [5.41, 5.74) is 7.82. The maximum Gasteiger partial charge on any atom is 0.119 e. The van der Waals surface area contributed by atoms with Crippen LogP contribution in [0.5, 0.6) is 5.75 Å². The average molecular weight is 274 g/mol. The molecule has 0 saturated heterocycles. The van der Waals surface area contributed by atoms with Gasteiger partial charge in [0.1, 0.15) is 5.75 Å². The van der Waals surface area contributed by atoms with E-state index in [1.54, 1.807) is 4.68 Å². The van der Waals surface area contributed by atoms with E-state index in [9.17, 15) is 0 Å². The van der Waals surface area contributed by atoms with Gasteiger partial charge in [0, 0.05) is 0 Å². The molecule has 2 aromatic rings. The Kier molecular flexibility index (Phi) is 4.74. The molecular formula is C15H22N4O. The molecule has 1 unspecified atom stereocenters. The van der Waals surface area contributed by atoms with E-state index in [-0.39, 0.29) is 12.1 Å². The van der Waals surface area contributed by atoms with Crippen LogP contribution in [0.3, 0.4) is 0 Å². The number of benzene rings is 1. The van der Waals surface area contributed by atoms with E-state index in [0.717, 1.165) is 30.0 Å². The van der Waals surface area contributed by atoms with E-state index in [2.05, 4.69) is 17.2 Å². The van der Waals surface area contributed by atoms with Gasteiger partial charge in [0.05, 0.1) is 29.7 Å².